The second-order valence-corrected chi connectivity index (χ2v) is 6.94. The molecular weight excluding hydrogens is 395 g/mol. The van der Waals surface area contributed by atoms with Gasteiger partial charge in [0, 0.05) is 5.69 Å². The van der Waals surface area contributed by atoms with Gasteiger partial charge in [0.15, 0.2) is 6.61 Å². The van der Waals surface area contributed by atoms with Gasteiger partial charge in [0.2, 0.25) is 0 Å². The van der Waals surface area contributed by atoms with Gasteiger partial charge in [-0.05, 0) is 54.8 Å². The van der Waals surface area contributed by atoms with Crippen LogP contribution in [0.4, 0.5) is 18.9 Å². The molecule has 0 spiro atoms. The van der Waals surface area contributed by atoms with Crippen molar-refractivity contribution >= 4 is 23.2 Å². The SMILES string of the molecule is CC(C)CCOc1ccc(OCC(=O)Nc2ccc(Cl)c(C(F)(F)F)c2)cc1. The molecule has 0 saturated heterocycles. The summed E-state index contributed by atoms with van der Waals surface area (Å²) in [6.45, 7) is 4.48. The Morgan fingerprint density at radius 3 is 2.25 bits per heavy atom. The molecule has 8 heteroatoms. The molecule has 0 aliphatic rings. The van der Waals surface area contributed by atoms with E-state index in [1.165, 1.54) is 6.07 Å². The van der Waals surface area contributed by atoms with E-state index in [1.807, 2.05) is 0 Å². The monoisotopic (exact) mass is 415 g/mol. The predicted molar refractivity (Wildman–Crippen MR) is 102 cm³/mol. The molecule has 0 aliphatic heterocycles. The molecule has 0 unspecified atom stereocenters. The van der Waals surface area contributed by atoms with E-state index in [9.17, 15) is 18.0 Å². The fraction of sp³-hybridized carbons (Fsp3) is 0.350. The van der Waals surface area contributed by atoms with Gasteiger partial charge in [-0.25, -0.2) is 0 Å². The van der Waals surface area contributed by atoms with Crippen LogP contribution in [0.2, 0.25) is 5.02 Å². The lowest BCUT2D eigenvalue weighted by Crippen LogP contribution is -2.20. The first-order valence-electron chi connectivity index (χ1n) is 8.67. The molecule has 2 rings (SSSR count). The van der Waals surface area contributed by atoms with E-state index >= 15 is 0 Å². The van der Waals surface area contributed by atoms with E-state index in [1.54, 1.807) is 24.3 Å². The first-order chi connectivity index (χ1) is 13.1. The Hall–Kier alpha value is -2.41. The molecule has 2 aromatic rings. The number of carbonyl (C=O) groups excluding carboxylic acids is 1. The molecular formula is C20H21ClF3NO3. The van der Waals surface area contributed by atoms with Gasteiger partial charge in [-0.2, -0.15) is 13.2 Å². The molecule has 152 valence electrons. The van der Waals surface area contributed by atoms with Crippen LogP contribution in [0, 0.1) is 5.92 Å². The number of hydrogen-bond donors (Lipinski definition) is 1. The Kier molecular flexibility index (Phi) is 7.57. The normalized spacial score (nSPS) is 11.4. The van der Waals surface area contributed by atoms with Crippen molar-refractivity contribution in [3.05, 3.63) is 53.1 Å². The summed E-state index contributed by atoms with van der Waals surface area (Å²) in [5, 5.41) is 1.92. The number of carbonyl (C=O) groups is 1. The maximum atomic E-state index is 12.9. The molecule has 28 heavy (non-hydrogen) atoms. The summed E-state index contributed by atoms with van der Waals surface area (Å²) in [5.74, 6) is 1.10. The summed E-state index contributed by atoms with van der Waals surface area (Å²) in [6, 6.07) is 9.91. The minimum absolute atomic E-state index is 0.0146. The number of halogens is 4. The minimum atomic E-state index is -4.60. The number of ether oxygens (including phenoxy) is 2. The molecule has 0 bridgehead atoms. The van der Waals surface area contributed by atoms with E-state index in [0.717, 1.165) is 18.6 Å². The van der Waals surface area contributed by atoms with Crippen LogP contribution in [-0.4, -0.2) is 19.1 Å². The van der Waals surface area contributed by atoms with Gasteiger partial charge in [-0.3, -0.25) is 4.79 Å². The van der Waals surface area contributed by atoms with Crippen LogP contribution in [0.15, 0.2) is 42.5 Å². The van der Waals surface area contributed by atoms with E-state index in [4.69, 9.17) is 21.1 Å². The molecule has 0 aromatic heterocycles. The maximum Gasteiger partial charge on any atom is 0.417 e. The first kappa shape index (κ1) is 21.9. The third-order valence-electron chi connectivity index (χ3n) is 3.71. The highest BCUT2D eigenvalue weighted by Crippen LogP contribution is 2.36. The summed E-state index contributed by atoms with van der Waals surface area (Å²) in [5.41, 5.74) is -1.03. The molecule has 0 radical (unpaired) electrons. The number of amides is 1. The van der Waals surface area contributed by atoms with E-state index in [2.05, 4.69) is 19.2 Å². The molecule has 2 aromatic carbocycles. The quantitative estimate of drug-likeness (QED) is 0.592. The average molecular weight is 416 g/mol. The van der Waals surface area contributed by atoms with Crippen LogP contribution in [-0.2, 0) is 11.0 Å². The zero-order valence-electron chi connectivity index (χ0n) is 15.5. The number of nitrogens with one attached hydrogen (secondary N) is 1. The summed E-state index contributed by atoms with van der Waals surface area (Å²) in [4.78, 5) is 11.9. The maximum absolute atomic E-state index is 12.9. The number of alkyl halides is 3. The lowest BCUT2D eigenvalue weighted by Gasteiger charge is -2.12. The smallest absolute Gasteiger partial charge is 0.417 e. The highest BCUT2D eigenvalue weighted by atomic mass is 35.5. The molecule has 1 N–H and O–H groups in total. The number of hydrogen-bond acceptors (Lipinski definition) is 3. The van der Waals surface area contributed by atoms with Crippen LogP contribution in [0.3, 0.4) is 0 Å². The predicted octanol–water partition coefficient (Wildman–Crippen LogP) is 5.80. The van der Waals surface area contributed by atoms with Crippen LogP contribution in [0.1, 0.15) is 25.8 Å². The Bertz CT molecular complexity index is 792. The topological polar surface area (TPSA) is 47.6 Å². The second-order valence-electron chi connectivity index (χ2n) is 6.53. The van der Waals surface area contributed by atoms with Crippen LogP contribution < -0.4 is 14.8 Å². The van der Waals surface area contributed by atoms with Gasteiger partial charge >= 0.3 is 6.18 Å². The van der Waals surface area contributed by atoms with Crippen molar-refractivity contribution in [3.63, 3.8) is 0 Å². The lowest BCUT2D eigenvalue weighted by molar-refractivity contribution is -0.137. The molecule has 1 amide bonds. The van der Waals surface area contributed by atoms with Crippen molar-refractivity contribution in [1.29, 1.82) is 0 Å². The van der Waals surface area contributed by atoms with Crippen molar-refractivity contribution in [3.8, 4) is 11.5 Å². The minimum Gasteiger partial charge on any atom is -0.494 e. The summed E-state index contributed by atoms with van der Waals surface area (Å²) >= 11 is 5.55. The van der Waals surface area contributed by atoms with Gasteiger partial charge in [0.25, 0.3) is 5.91 Å². The molecule has 0 saturated carbocycles. The Morgan fingerprint density at radius 1 is 1.07 bits per heavy atom. The second kappa shape index (κ2) is 9.68. The third kappa shape index (κ3) is 6.96. The summed E-state index contributed by atoms with van der Waals surface area (Å²) in [6.07, 6.45) is -3.66. The largest absolute Gasteiger partial charge is 0.494 e. The zero-order valence-corrected chi connectivity index (χ0v) is 16.2. The molecule has 0 atom stereocenters. The average Bonchev–Trinajstić information content (AvgIpc) is 2.61. The van der Waals surface area contributed by atoms with E-state index in [-0.39, 0.29) is 12.3 Å². The first-order valence-corrected chi connectivity index (χ1v) is 9.05. The summed E-state index contributed by atoms with van der Waals surface area (Å²) in [7, 11) is 0. The van der Waals surface area contributed by atoms with Crippen molar-refractivity contribution in [2.45, 2.75) is 26.4 Å². The van der Waals surface area contributed by atoms with Gasteiger partial charge < -0.3 is 14.8 Å². The lowest BCUT2D eigenvalue weighted by atomic mass is 10.1. The Labute approximate surface area is 166 Å². The van der Waals surface area contributed by atoms with E-state index < -0.39 is 22.7 Å². The van der Waals surface area contributed by atoms with Crippen molar-refractivity contribution in [2.75, 3.05) is 18.5 Å². The fourth-order valence-corrected chi connectivity index (χ4v) is 2.44. The number of benzene rings is 2. The third-order valence-corrected chi connectivity index (χ3v) is 4.04. The van der Waals surface area contributed by atoms with Gasteiger partial charge in [-0.1, -0.05) is 25.4 Å². The van der Waals surface area contributed by atoms with Crippen molar-refractivity contribution in [2.24, 2.45) is 5.92 Å². The van der Waals surface area contributed by atoms with Gasteiger partial charge in [-0.15, -0.1) is 0 Å². The number of rotatable bonds is 8. The van der Waals surface area contributed by atoms with Gasteiger partial charge in [0.1, 0.15) is 11.5 Å². The van der Waals surface area contributed by atoms with Crippen LogP contribution in [0.25, 0.3) is 0 Å². The van der Waals surface area contributed by atoms with E-state index in [0.29, 0.717) is 24.0 Å². The van der Waals surface area contributed by atoms with Crippen LogP contribution in [0.5, 0.6) is 11.5 Å². The molecule has 0 heterocycles. The molecule has 4 nitrogen and oxygen atoms in total. The van der Waals surface area contributed by atoms with Gasteiger partial charge in [0.05, 0.1) is 17.2 Å². The fourth-order valence-electron chi connectivity index (χ4n) is 2.21. The van der Waals surface area contributed by atoms with Crippen LogP contribution >= 0.6 is 11.6 Å². The highest BCUT2D eigenvalue weighted by Gasteiger charge is 2.33. The zero-order chi connectivity index (χ0) is 20.7. The number of anilines is 1. The van der Waals surface area contributed by atoms with Crippen molar-refractivity contribution < 1.29 is 27.4 Å². The van der Waals surface area contributed by atoms with Crippen molar-refractivity contribution in [1.82, 2.24) is 0 Å². The Balaban J connectivity index is 1.86. The Morgan fingerprint density at radius 2 is 1.68 bits per heavy atom. The standard InChI is InChI=1S/C20H21ClF3NO3/c1-13(2)9-10-27-15-4-6-16(7-5-15)28-12-19(26)25-14-3-8-18(21)17(11-14)20(22,23)24/h3-8,11,13H,9-10,12H2,1-2H3,(H,25,26). The summed E-state index contributed by atoms with van der Waals surface area (Å²) < 4.78 is 49.5. The molecule has 0 aliphatic carbocycles. The molecule has 0 fully saturated rings. The highest BCUT2D eigenvalue weighted by molar-refractivity contribution is 6.31.